The van der Waals surface area contributed by atoms with E-state index < -0.39 is 4.92 Å². The molecule has 2 rings (SSSR count). The Labute approximate surface area is 139 Å². The molecule has 0 radical (unpaired) electrons. The van der Waals surface area contributed by atoms with Gasteiger partial charge in [0.15, 0.2) is 0 Å². The predicted octanol–water partition coefficient (Wildman–Crippen LogP) is 3.62. The fraction of sp³-hybridized carbons (Fsp3) is 0.0556. The first kappa shape index (κ1) is 17.0. The molecule has 0 aliphatic carbocycles. The maximum Gasteiger partial charge on any atom is 0.269 e. The van der Waals surface area contributed by atoms with Crippen LogP contribution in [0.3, 0.4) is 0 Å². The van der Waals surface area contributed by atoms with E-state index in [2.05, 4.69) is 23.7 Å². The van der Waals surface area contributed by atoms with Crippen LogP contribution in [0.1, 0.15) is 16.7 Å². The Balaban J connectivity index is 2.06. The molecule has 24 heavy (non-hydrogen) atoms. The van der Waals surface area contributed by atoms with E-state index in [1.54, 1.807) is 24.3 Å². The highest BCUT2D eigenvalue weighted by Gasteiger charge is 2.06. The molecule has 0 aliphatic heterocycles. The fourth-order valence-electron chi connectivity index (χ4n) is 2.06. The third-order valence-corrected chi connectivity index (χ3v) is 3.34. The van der Waals surface area contributed by atoms with Crippen molar-refractivity contribution in [1.82, 2.24) is 5.43 Å². The number of phenols is 1. The predicted molar refractivity (Wildman–Crippen MR) is 94.9 cm³/mol. The average molecular weight is 323 g/mol. The highest BCUT2D eigenvalue weighted by atomic mass is 16.6. The number of nitrogens with one attached hydrogen (secondary N) is 1. The second kappa shape index (κ2) is 7.73. The van der Waals surface area contributed by atoms with E-state index >= 15 is 0 Å². The smallest absolute Gasteiger partial charge is 0.269 e. The molecule has 0 saturated carbocycles. The lowest BCUT2D eigenvalue weighted by atomic mass is 10.1. The highest BCUT2D eigenvalue weighted by Crippen LogP contribution is 2.21. The molecular formula is C18H17N3O3. The summed E-state index contributed by atoms with van der Waals surface area (Å²) in [5, 5.41) is 24.8. The Hall–Kier alpha value is -3.41. The molecule has 2 N–H and O–H groups in total. The topological polar surface area (TPSA) is 87.8 Å². The van der Waals surface area contributed by atoms with Gasteiger partial charge in [0.25, 0.3) is 5.69 Å². The van der Waals surface area contributed by atoms with Crippen LogP contribution in [-0.4, -0.2) is 16.2 Å². The Morgan fingerprint density at radius 3 is 2.62 bits per heavy atom. The van der Waals surface area contributed by atoms with Gasteiger partial charge in [0.2, 0.25) is 0 Å². The van der Waals surface area contributed by atoms with Crippen molar-refractivity contribution >= 4 is 17.6 Å². The summed E-state index contributed by atoms with van der Waals surface area (Å²) in [5.41, 5.74) is 5.27. The number of nitrogens with zero attached hydrogens (tertiary/aromatic N) is 2. The molecule has 2 aromatic carbocycles. The minimum absolute atomic E-state index is 0.0130. The molecule has 122 valence electrons. The van der Waals surface area contributed by atoms with Crippen LogP contribution in [0.15, 0.2) is 66.8 Å². The number of benzene rings is 2. The molecule has 6 nitrogen and oxygen atoms in total. The minimum atomic E-state index is -0.461. The number of rotatable bonds is 7. The Morgan fingerprint density at radius 1 is 1.29 bits per heavy atom. The molecule has 0 atom stereocenters. The van der Waals surface area contributed by atoms with Crippen molar-refractivity contribution in [3.05, 3.63) is 88.5 Å². The second-order valence-corrected chi connectivity index (χ2v) is 5.00. The van der Waals surface area contributed by atoms with E-state index in [0.29, 0.717) is 23.2 Å². The summed E-state index contributed by atoms with van der Waals surface area (Å²) in [6.45, 7) is 7.48. The monoisotopic (exact) mass is 323 g/mol. The molecule has 0 heterocycles. The highest BCUT2D eigenvalue weighted by molar-refractivity contribution is 5.84. The number of hydrazone groups is 1. The van der Waals surface area contributed by atoms with Crippen molar-refractivity contribution in [3.8, 4) is 5.75 Å². The van der Waals surface area contributed by atoms with E-state index in [1.165, 1.54) is 18.3 Å². The van der Waals surface area contributed by atoms with Gasteiger partial charge in [0, 0.05) is 17.7 Å². The summed E-state index contributed by atoms with van der Waals surface area (Å²) in [6.07, 6.45) is 3.76. The van der Waals surface area contributed by atoms with Gasteiger partial charge >= 0.3 is 0 Å². The van der Waals surface area contributed by atoms with Crippen molar-refractivity contribution in [2.75, 3.05) is 0 Å². The zero-order valence-electron chi connectivity index (χ0n) is 13.0. The van der Waals surface area contributed by atoms with Gasteiger partial charge in [-0.25, -0.2) is 0 Å². The molecule has 2 aromatic rings. The average Bonchev–Trinajstić information content (AvgIpc) is 2.58. The lowest BCUT2D eigenvalue weighted by molar-refractivity contribution is -0.384. The van der Waals surface area contributed by atoms with Gasteiger partial charge in [0.1, 0.15) is 5.75 Å². The third kappa shape index (κ3) is 4.07. The van der Waals surface area contributed by atoms with E-state index in [1.807, 2.05) is 12.1 Å². The van der Waals surface area contributed by atoms with E-state index in [4.69, 9.17) is 0 Å². The number of para-hydroxylation sites is 1. The normalized spacial score (nSPS) is 10.5. The van der Waals surface area contributed by atoms with Gasteiger partial charge in [0.05, 0.1) is 16.8 Å². The van der Waals surface area contributed by atoms with Crippen LogP contribution >= 0.6 is 0 Å². The van der Waals surface area contributed by atoms with Crippen LogP contribution in [0.4, 0.5) is 5.69 Å². The molecule has 0 unspecified atom stereocenters. The summed E-state index contributed by atoms with van der Waals surface area (Å²) >= 11 is 0. The van der Waals surface area contributed by atoms with Gasteiger partial charge in [-0.15, -0.1) is 6.58 Å². The van der Waals surface area contributed by atoms with Crippen LogP contribution in [0, 0.1) is 10.1 Å². The Morgan fingerprint density at radius 2 is 2.00 bits per heavy atom. The van der Waals surface area contributed by atoms with Gasteiger partial charge in [-0.05, 0) is 35.7 Å². The number of non-ortho nitro benzene ring substituents is 1. The van der Waals surface area contributed by atoms with Crippen molar-refractivity contribution in [3.63, 3.8) is 0 Å². The Bertz CT molecular complexity index is 796. The van der Waals surface area contributed by atoms with Crippen LogP contribution in [0.25, 0.3) is 5.70 Å². The molecule has 0 aromatic heterocycles. The lowest BCUT2D eigenvalue weighted by Gasteiger charge is -2.06. The summed E-state index contributed by atoms with van der Waals surface area (Å²) < 4.78 is 0. The number of hydrogen-bond donors (Lipinski definition) is 2. The number of aromatic hydroxyl groups is 1. The lowest BCUT2D eigenvalue weighted by Crippen LogP contribution is -2.04. The summed E-state index contributed by atoms with van der Waals surface area (Å²) in [6, 6.07) is 11.4. The SMILES string of the molecule is C=CCc1cccc(/C=N/NC(=C)c2ccc([N+](=O)[O-])cc2)c1O. The number of phenolic OH excluding ortho intramolecular Hbond substituents is 1. The van der Waals surface area contributed by atoms with Crippen molar-refractivity contribution in [2.24, 2.45) is 5.10 Å². The zero-order chi connectivity index (χ0) is 17.5. The first-order chi connectivity index (χ1) is 11.5. The fourth-order valence-corrected chi connectivity index (χ4v) is 2.06. The summed E-state index contributed by atoms with van der Waals surface area (Å²) in [4.78, 5) is 10.2. The standard InChI is InChI=1S/C18H17N3O3/c1-3-5-15-6-4-7-16(18(15)22)12-19-20-13(2)14-8-10-17(11-9-14)21(23)24/h3-4,6-12,20,22H,1-2,5H2/b19-12+. The second-order valence-electron chi connectivity index (χ2n) is 5.00. The van der Waals surface area contributed by atoms with Crippen LogP contribution in [0.5, 0.6) is 5.75 Å². The number of hydrogen-bond acceptors (Lipinski definition) is 5. The minimum Gasteiger partial charge on any atom is -0.507 e. The number of allylic oxidation sites excluding steroid dienone is 1. The maximum atomic E-state index is 10.6. The summed E-state index contributed by atoms with van der Waals surface area (Å²) in [7, 11) is 0. The molecular weight excluding hydrogens is 306 g/mol. The number of nitro groups is 1. The van der Waals surface area contributed by atoms with E-state index in [0.717, 1.165) is 5.56 Å². The van der Waals surface area contributed by atoms with Crippen LogP contribution < -0.4 is 5.43 Å². The van der Waals surface area contributed by atoms with Gasteiger partial charge in [-0.2, -0.15) is 5.10 Å². The molecule has 0 bridgehead atoms. The Kier molecular flexibility index (Phi) is 5.46. The number of nitro benzene ring substituents is 1. The van der Waals surface area contributed by atoms with E-state index in [9.17, 15) is 15.2 Å². The zero-order valence-corrected chi connectivity index (χ0v) is 13.0. The summed E-state index contributed by atoms with van der Waals surface area (Å²) in [5.74, 6) is 0.156. The van der Waals surface area contributed by atoms with Gasteiger partial charge in [-0.1, -0.05) is 24.8 Å². The maximum absolute atomic E-state index is 10.6. The van der Waals surface area contributed by atoms with Gasteiger partial charge < -0.3 is 5.11 Å². The van der Waals surface area contributed by atoms with Crippen molar-refractivity contribution in [2.45, 2.75) is 6.42 Å². The van der Waals surface area contributed by atoms with Crippen molar-refractivity contribution in [1.29, 1.82) is 0 Å². The van der Waals surface area contributed by atoms with Crippen LogP contribution in [-0.2, 0) is 6.42 Å². The quantitative estimate of drug-likeness (QED) is 0.352. The van der Waals surface area contributed by atoms with Gasteiger partial charge in [-0.3, -0.25) is 15.5 Å². The third-order valence-electron chi connectivity index (χ3n) is 3.34. The van der Waals surface area contributed by atoms with E-state index in [-0.39, 0.29) is 11.4 Å². The molecule has 6 heteroatoms. The molecule has 0 saturated heterocycles. The first-order valence-corrected chi connectivity index (χ1v) is 7.17. The van der Waals surface area contributed by atoms with Crippen LogP contribution in [0.2, 0.25) is 0 Å². The largest absolute Gasteiger partial charge is 0.507 e. The molecule has 0 fully saturated rings. The van der Waals surface area contributed by atoms with Crippen molar-refractivity contribution < 1.29 is 10.0 Å². The molecule has 0 spiro atoms. The molecule has 0 aliphatic rings. The first-order valence-electron chi connectivity index (χ1n) is 7.17. The molecule has 0 amide bonds.